The summed E-state index contributed by atoms with van der Waals surface area (Å²) in [7, 11) is 0. The van der Waals surface area contributed by atoms with Gasteiger partial charge in [0.15, 0.2) is 0 Å². The largest absolute Gasteiger partial charge is 0.352 e. The number of hydrogen-bond donors (Lipinski definition) is 1. The van der Waals surface area contributed by atoms with Crippen LogP contribution in [0, 0.1) is 5.95 Å². The van der Waals surface area contributed by atoms with Crippen LogP contribution in [-0.4, -0.2) is 17.4 Å². The number of pyridine rings is 1. The number of hydrogen-bond acceptors (Lipinski definition) is 2. The Morgan fingerprint density at radius 2 is 1.89 bits per heavy atom. The summed E-state index contributed by atoms with van der Waals surface area (Å²) in [5, 5.41) is 2.79. The van der Waals surface area contributed by atoms with Gasteiger partial charge in [0, 0.05) is 24.4 Å². The molecule has 0 aliphatic rings. The van der Waals surface area contributed by atoms with Crippen molar-refractivity contribution in [1.82, 2.24) is 10.3 Å². The van der Waals surface area contributed by atoms with E-state index in [1.54, 1.807) is 0 Å². The van der Waals surface area contributed by atoms with Gasteiger partial charge in [0.05, 0.1) is 0 Å². The average Bonchev–Trinajstić information content (AvgIpc) is 2.41. The van der Waals surface area contributed by atoms with E-state index in [-0.39, 0.29) is 5.91 Å². The van der Waals surface area contributed by atoms with Gasteiger partial charge in [0.25, 0.3) is 5.91 Å². The lowest BCUT2D eigenvalue weighted by atomic mass is 10.1. The first-order chi connectivity index (χ1) is 9.24. The molecule has 0 radical (unpaired) electrons. The van der Waals surface area contributed by atoms with Gasteiger partial charge in [-0.05, 0) is 12.5 Å². The summed E-state index contributed by atoms with van der Waals surface area (Å²) in [6.45, 7) is 2.86. The quantitative estimate of drug-likeness (QED) is 0.547. The highest BCUT2D eigenvalue weighted by Gasteiger charge is 2.05. The Morgan fingerprint density at radius 1 is 1.21 bits per heavy atom. The van der Waals surface area contributed by atoms with E-state index in [1.807, 2.05) is 0 Å². The highest BCUT2D eigenvalue weighted by molar-refractivity contribution is 5.93. The van der Waals surface area contributed by atoms with Gasteiger partial charge in [0.1, 0.15) is 0 Å². The van der Waals surface area contributed by atoms with Gasteiger partial charge in [-0.2, -0.15) is 4.39 Å². The number of amides is 1. The van der Waals surface area contributed by atoms with E-state index in [9.17, 15) is 9.18 Å². The topological polar surface area (TPSA) is 42.0 Å². The molecular formula is C15H23FN2O. The minimum absolute atomic E-state index is 0.229. The van der Waals surface area contributed by atoms with Gasteiger partial charge in [-0.25, -0.2) is 4.98 Å². The van der Waals surface area contributed by atoms with E-state index in [4.69, 9.17) is 0 Å². The van der Waals surface area contributed by atoms with E-state index in [0.29, 0.717) is 12.1 Å². The fraction of sp³-hybridized carbons (Fsp3) is 0.600. The lowest BCUT2D eigenvalue weighted by molar-refractivity contribution is 0.0952. The third-order valence-corrected chi connectivity index (χ3v) is 3.05. The van der Waals surface area contributed by atoms with Crippen LogP contribution in [-0.2, 0) is 0 Å². The van der Waals surface area contributed by atoms with E-state index in [0.717, 1.165) is 18.9 Å². The summed E-state index contributed by atoms with van der Waals surface area (Å²) in [5.41, 5.74) is 0.329. The summed E-state index contributed by atoms with van der Waals surface area (Å²) in [4.78, 5) is 15.1. The molecule has 0 fully saturated rings. The molecule has 0 saturated heterocycles. The minimum atomic E-state index is -0.622. The van der Waals surface area contributed by atoms with E-state index >= 15 is 0 Å². The molecule has 106 valence electrons. The van der Waals surface area contributed by atoms with Gasteiger partial charge in [-0.1, -0.05) is 45.4 Å². The zero-order chi connectivity index (χ0) is 13.9. The van der Waals surface area contributed by atoms with Crippen molar-refractivity contribution in [2.24, 2.45) is 0 Å². The second kappa shape index (κ2) is 9.48. The molecule has 1 amide bonds. The van der Waals surface area contributed by atoms with Crippen LogP contribution in [0.5, 0.6) is 0 Å². The first kappa shape index (κ1) is 15.6. The zero-order valence-electron chi connectivity index (χ0n) is 11.6. The molecule has 1 rings (SSSR count). The Bertz CT molecular complexity index is 382. The van der Waals surface area contributed by atoms with Crippen molar-refractivity contribution >= 4 is 5.91 Å². The fourth-order valence-electron chi connectivity index (χ4n) is 1.93. The van der Waals surface area contributed by atoms with Gasteiger partial charge < -0.3 is 5.32 Å². The predicted octanol–water partition coefficient (Wildman–Crippen LogP) is 3.70. The highest BCUT2D eigenvalue weighted by atomic mass is 19.1. The molecule has 0 atom stereocenters. The first-order valence-corrected chi connectivity index (χ1v) is 7.13. The molecule has 3 nitrogen and oxygen atoms in total. The maximum Gasteiger partial charge on any atom is 0.251 e. The Labute approximate surface area is 114 Å². The van der Waals surface area contributed by atoms with Crippen LogP contribution in [0.4, 0.5) is 4.39 Å². The molecule has 1 N–H and O–H groups in total. The second-order valence-corrected chi connectivity index (χ2v) is 4.74. The zero-order valence-corrected chi connectivity index (χ0v) is 11.6. The standard InChI is InChI=1S/C15H23FN2O/c1-2-3-4-5-6-7-8-10-18-15(19)13-9-11-17-14(16)12-13/h9,11-12H,2-8,10H2,1H3,(H,18,19). The number of rotatable bonds is 9. The van der Waals surface area contributed by atoms with Crippen LogP contribution >= 0.6 is 0 Å². The van der Waals surface area contributed by atoms with Crippen molar-refractivity contribution in [3.8, 4) is 0 Å². The van der Waals surface area contributed by atoms with Crippen LogP contribution in [0.25, 0.3) is 0 Å². The summed E-state index contributed by atoms with van der Waals surface area (Å²) >= 11 is 0. The molecular weight excluding hydrogens is 243 g/mol. The van der Waals surface area contributed by atoms with Crippen molar-refractivity contribution < 1.29 is 9.18 Å². The molecule has 0 spiro atoms. The van der Waals surface area contributed by atoms with Crippen molar-refractivity contribution in [3.63, 3.8) is 0 Å². The molecule has 0 unspecified atom stereocenters. The first-order valence-electron chi connectivity index (χ1n) is 7.13. The van der Waals surface area contributed by atoms with Gasteiger partial charge in [-0.3, -0.25) is 4.79 Å². The maximum atomic E-state index is 12.8. The molecule has 0 saturated carbocycles. The molecule has 0 bridgehead atoms. The van der Waals surface area contributed by atoms with Crippen molar-refractivity contribution in [2.75, 3.05) is 6.54 Å². The molecule has 1 aromatic rings. The number of nitrogens with one attached hydrogen (secondary N) is 1. The van der Waals surface area contributed by atoms with E-state index in [1.165, 1.54) is 44.4 Å². The third kappa shape index (κ3) is 6.89. The molecule has 19 heavy (non-hydrogen) atoms. The van der Waals surface area contributed by atoms with Gasteiger partial charge in [-0.15, -0.1) is 0 Å². The average molecular weight is 266 g/mol. The summed E-state index contributed by atoms with van der Waals surface area (Å²) in [5.74, 6) is -0.851. The number of carbonyl (C=O) groups is 1. The molecule has 0 aliphatic carbocycles. The number of unbranched alkanes of at least 4 members (excludes halogenated alkanes) is 6. The van der Waals surface area contributed by atoms with Crippen LogP contribution in [0.15, 0.2) is 18.3 Å². The SMILES string of the molecule is CCCCCCCCCNC(=O)c1ccnc(F)c1. The van der Waals surface area contributed by atoms with E-state index in [2.05, 4.69) is 17.2 Å². The second-order valence-electron chi connectivity index (χ2n) is 4.74. The monoisotopic (exact) mass is 266 g/mol. The number of nitrogens with zero attached hydrogens (tertiary/aromatic N) is 1. The van der Waals surface area contributed by atoms with Crippen LogP contribution in [0.1, 0.15) is 62.2 Å². The van der Waals surface area contributed by atoms with Crippen molar-refractivity contribution in [1.29, 1.82) is 0 Å². The Morgan fingerprint density at radius 3 is 2.58 bits per heavy atom. The van der Waals surface area contributed by atoms with E-state index < -0.39 is 5.95 Å². The summed E-state index contributed by atoms with van der Waals surface area (Å²) in [6.07, 6.45) is 9.79. The maximum absolute atomic E-state index is 12.8. The molecule has 0 aromatic carbocycles. The lowest BCUT2D eigenvalue weighted by Crippen LogP contribution is -2.24. The molecule has 4 heteroatoms. The Balaban J connectivity index is 2.08. The van der Waals surface area contributed by atoms with Crippen LogP contribution in [0.2, 0.25) is 0 Å². The van der Waals surface area contributed by atoms with Gasteiger partial charge in [0.2, 0.25) is 5.95 Å². The highest BCUT2D eigenvalue weighted by Crippen LogP contribution is 2.06. The lowest BCUT2D eigenvalue weighted by Gasteiger charge is -2.05. The van der Waals surface area contributed by atoms with Crippen molar-refractivity contribution in [3.05, 3.63) is 29.8 Å². The Hall–Kier alpha value is -1.45. The third-order valence-electron chi connectivity index (χ3n) is 3.05. The molecule has 1 heterocycles. The Kier molecular flexibility index (Phi) is 7.78. The molecule has 0 aliphatic heterocycles. The number of aromatic nitrogens is 1. The number of carbonyl (C=O) groups excluding carboxylic acids is 1. The minimum Gasteiger partial charge on any atom is -0.352 e. The smallest absolute Gasteiger partial charge is 0.251 e. The number of halogens is 1. The summed E-state index contributed by atoms with van der Waals surface area (Å²) < 4.78 is 12.8. The predicted molar refractivity (Wildman–Crippen MR) is 74.5 cm³/mol. The summed E-state index contributed by atoms with van der Waals surface area (Å²) in [6, 6.07) is 2.67. The van der Waals surface area contributed by atoms with Crippen LogP contribution in [0.3, 0.4) is 0 Å². The van der Waals surface area contributed by atoms with Crippen molar-refractivity contribution in [2.45, 2.75) is 51.9 Å². The fourth-order valence-corrected chi connectivity index (χ4v) is 1.93. The normalized spacial score (nSPS) is 10.4. The van der Waals surface area contributed by atoms with Gasteiger partial charge >= 0.3 is 0 Å². The molecule has 1 aromatic heterocycles. The van der Waals surface area contributed by atoms with Crippen LogP contribution < -0.4 is 5.32 Å².